The molecule has 0 rings (SSSR count). The number of rotatable bonds is 47. The monoisotopic (exact) mass is 935 g/mol. The molecule has 0 aromatic rings. The molecule has 1 atom stereocenters. The first-order valence-corrected chi connectivity index (χ1v) is 27.0. The molecule has 0 bridgehead atoms. The Morgan fingerprint density at radius 3 is 1.04 bits per heavy atom. The fourth-order valence-corrected chi connectivity index (χ4v) is 6.66. The SMILES string of the molecule is CC/C=C\C/C=C\C/C=C\C/C=C\C/C=C\CCCCCCOCC(COC(=O)CCCCCCCC/C=C\C/C=C\C/C=C\C/C=C\CC)OC(=O)CC/C=C\C/C=C\C/C=C\C/C=C\CC. The van der Waals surface area contributed by atoms with Gasteiger partial charge in [-0.25, -0.2) is 0 Å². The first-order valence-electron chi connectivity index (χ1n) is 27.0. The first kappa shape index (κ1) is 63.5. The Kier molecular flexibility index (Phi) is 53.1. The number of unbranched alkanes of at least 4 members (excludes halogenated alkanes) is 10. The van der Waals surface area contributed by atoms with E-state index >= 15 is 0 Å². The van der Waals surface area contributed by atoms with Crippen LogP contribution in [0.15, 0.2) is 158 Å². The third-order valence-corrected chi connectivity index (χ3v) is 10.6. The molecule has 5 heteroatoms. The molecule has 0 aromatic heterocycles. The zero-order valence-corrected chi connectivity index (χ0v) is 43.6. The van der Waals surface area contributed by atoms with Gasteiger partial charge in [0.2, 0.25) is 0 Å². The van der Waals surface area contributed by atoms with Crippen LogP contribution in [0.2, 0.25) is 0 Å². The number of allylic oxidation sites excluding steroid dienone is 26. The highest BCUT2D eigenvalue weighted by atomic mass is 16.6. The second-order valence-electron chi connectivity index (χ2n) is 17.0. The molecule has 0 N–H and O–H groups in total. The normalized spacial score (nSPS) is 13.5. The highest BCUT2D eigenvalue weighted by molar-refractivity contribution is 5.70. The van der Waals surface area contributed by atoms with Crippen molar-refractivity contribution < 1.29 is 23.8 Å². The topological polar surface area (TPSA) is 61.8 Å². The summed E-state index contributed by atoms with van der Waals surface area (Å²) in [4.78, 5) is 25.4. The first-order chi connectivity index (χ1) is 33.6. The molecule has 68 heavy (non-hydrogen) atoms. The minimum absolute atomic E-state index is 0.0269. The second-order valence-corrected chi connectivity index (χ2v) is 17.0. The molecule has 0 saturated heterocycles. The molecule has 0 spiro atoms. The van der Waals surface area contributed by atoms with E-state index in [9.17, 15) is 9.59 Å². The molecule has 380 valence electrons. The van der Waals surface area contributed by atoms with Crippen molar-refractivity contribution in [3.05, 3.63) is 158 Å². The Balaban J connectivity index is 4.44. The largest absolute Gasteiger partial charge is 0.462 e. The van der Waals surface area contributed by atoms with Gasteiger partial charge in [0.1, 0.15) is 6.61 Å². The molecule has 0 saturated carbocycles. The van der Waals surface area contributed by atoms with Crippen molar-refractivity contribution in [3.63, 3.8) is 0 Å². The maximum atomic E-state index is 12.8. The minimum atomic E-state index is -0.607. The average Bonchev–Trinajstić information content (AvgIpc) is 3.34. The van der Waals surface area contributed by atoms with E-state index in [0.29, 0.717) is 19.4 Å². The number of ether oxygens (including phenoxy) is 3. The Morgan fingerprint density at radius 1 is 0.324 bits per heavy atom. The maximum absolute atomic E-state index is 12.8. The van der Waals surface area contributed by atoms with Crippen molar-refractivity contribution in [2.45, 2.75) is 207 Å². The molecule has 0 amide bonds. The van der Waals surface area contributed by atoms with Crippen LogP contribution in [0.25, 0.3) is 0 Å². The summed E-state index contributed by atoms with van der Waals surface area (Å²) in [5.74, 6) is -0.535. The van der Waals surface area contributed by atoms with E-state index in [1.165, 1.54) is 19.3 Å². The van der Waals surface area contributed by atoms with E-state index in [-0.39, 0.29) is 31.6 Å². The summed E-state index contributed by atoms with van der Waals surface area (Å²) in [5.41, 5.74) is 0. The predicted octanol–water partition coefficient (Wildman–Crippen LogP) is 18.7. The summed E-state index contributed by atoms with van der Waals surface area (Å²) in [6.45, 7) is 7.31. The van der Waals surface area contributed by atoms with Gasteiger partial charge in [-0.3, -0.25) is 9.59 Å². The van der Waals surface area contributed by atoms with Crippen molar-refractivity contribution in [2.24, 2.45) is 0 Å². The van der Waals surface area contributed by atoms with Crippen LogP contribution in [0.3, 0.4) is 0 Å². The average molecular weight is 935 g/mol. The maximum Gasteiger partial charge on any atom is 0.306 e. The van der Waals surface area contributed by atoms with E-state index in [0.717, 1.165) is 141 Å². The van der Waals surface area contributed by atoms with Crippen LogP contribution in [0.1, 0.15) is 201 Å². The van der Waals surface area contributed by atoms with Gasteiger partial charge in [-0.15, -0.1) is 0 Å². The number of hydrogen-bond donors (Lipinski definition) is 0. The fourth-order valence-electron chi connectivity index (χ4n) is 6.66. The molecule has 1 unspecified atom stereocenters. The van der Waals surface area contributed by atoms with Crippen molar-refractivity contribution in [1.82, 2.24) is 0 Å². The number of esters is 2. The number of carbonyl (C=O) groups excluding carboxylic acids is 2. The van der Waals surface area contributed by atoms with Crippen LogP contribution in [-0.4, -0.2) is 37.9 Å². The smallest absolute Gasteiger partial charge is 0.306 e. The third kappa shape index (κ3) is 54.1. The number of hydrogen-bond acceptors (Lipinski definition) is 5. The van der Waals surface area contributed by atoms with Gasteiger partial charge in [0.05, 0.1) is 6.61 Å². The van der Waals surface area contributed by atoms with Gasteiger partial charge in [-0.1, -0.05) is 217 Å². The van der Waals surface area contributed by atoms with Gasteiger partial charge < -0.3 is 14.2 Å². The van der Waals surface area contributed by atoms with E-state index < -0.39 is 6.10 Å². The lowest BCUT2D eigenvalue weighted by Crippen LogP contribution is -2.30. The predicted molar refractivity (Wildman–Crippen MR) is 297 cm³/mol. The lowest BCUT2D eigenvalue weighted by Gasteiger charge is -2.18. The van der Waals surface area contributed by atoms with Crippen LogP contribution in [0.5, 0.6) is 0 Å². The van der Waals surface area contributed by atoms with Gasteiger partial charge in [-0.2, -0.15) is 0 Å². The molecular weight excluding hydrogens is 837 g/mol. The molecule has 5 nitrogen and oxygen atoms in total. The molecule has 0 aliphatic heterocycles. The Hall–Kier alpha value is -4.48. The van der Waals surface area contributed by atoms with Gasteiger partial charge in [0.25, 0.3) is 0 Å². The van der Waals surface area contributed by atoms with Gasteiger partial charge in [-0.05, 0) is 128 Å². The molecule has 0 fully saturated rings. The van der Waals surface area contributed by atoms with Crippen LogP contribution in [-0.2, 0) is 23.8 Å². The quantitative estimate of drug-likeness (QED) is 0.0346. The molecule has 0 heterocycles. The van der Waals surface area contributed by atoms with Crippen LogP contribution in [0.4, 0.5) is 0 Å². The van der Waals surface area contributed by atoms with Crippen molar-refractivity contribution in [1.29, 1.82) is 0 Å². The van der Waals surface area contributed by atoms with E-state index in [2.05, 4.69) is 173 Å². The zero-order valence-electron chi connectivity index (χ0n) is 43.6. The van der Waals surface area contributed by atoms with Gasteiger partial charge in [0, 0.05) is 19.4 Å². The summed E-state index contributed by atoms with van der Waals surface area (Å²) >= 11 is 0. The molecular formula is C63H98O5. The fraction of sp³-hybridized carbons (Fsp3) is 0.556. The third-order valence-electron chi connectivity index (χ3n) is 10.6. The van der Waals surface area contributed by atoms with Crippen molar-refractivity contribution in [3.8, 4) is 0 Å². The molecule has 0 aromatic carbocycles. The minimum Gasteiger partial charge on any atom is -0.462 e. The van der Waals surface area contributed by atoms with Crippen LogP contribution in [0, 0.1) is 0 Å². The standard InChI is InChI=1S/C63H98O5/c1-4-7-10-13-16-19-22-25-27-29-31-33-35-37-40-43-46-49-52-55-58-66-59-61(68-63(65)57-54-51-48-45-42-38-24-21-18-15-12-9-6-3)60-67-62(64)56-53-50-47-44-41-39-36-34-32-30-28-26-23-20-17-14-11-8-5-2/h7-12,16-21,25-28,31-34,37-38,40,42,48,51,61H,4-6,13-15,22-24,29-30,35-36,39,41,43-47,49-50,52-60H2,1-3H3/b10-7-,11-8-,12-9-,19-16-,20-17-,21-18-,27-25-,28-26-,33-31-,34-32-,40-37-,42-38-,51-48-. The lowest BCUT2D eigenvalue weighted by molar-refractivity contribution is -0.162. The second kappa shape index (κ2) is 56.8. The molecule has 0 aliphatic rings. The highest BCUT2D eigenvalue weighted by Crippen LogP contribution is 2.11. The lowest BCUT2D eigenvalue weighted by atomic mass is 10.1. The van der Waals surface area contributed by atoms with E-state index in [4.69, 9.17) is 14.2 Å². The summed E-state index contributed by atoms with van der Waals surface area (Å²) in [5, 5.41) is 0. The summed E-state index contributed by atoms with van der Waals surface area (Å²) in [6.07, 6.45) is 84.2. The molecule has 0 radical (unpaired) electrons. The Bertz CT molecular complexity index is 1520. The van der Waals surface area contributed by atoms with Gasteiger partial charge >= 0.3 is 11.9 Å². The van der Waals surface area contributed by atoms with Crippen molar-refractivity contribution >= 4 is 11.9 Å². The van der Waals surface area contributed by atoms with Gasteiger partial charge in [0.15, 0.2) is 6.10 Å². The molecule has 0 aliphatic carbocycles. The summed E-state index contributed by atoms with van der Waals surface area (Å²) < 4.78 is 17.3. The van der Waals surface area contributed by atoms with Crippen molar-refractivity contribution in [2.75, 3.05) is 19.8 Å². The van der Waals surface area contributed by atoms with E-state index in [1.54, 1.807) is 0 Å². The highest BCUT2D eigenvalue weighted by Gasteiger charge is 2.17. The number of carbonyl (C=O) groups is 2. The Labute approximate surface area is 418 Å². The summed E-state index contributed by atoms with van der Waals surface area (Å²) in [6, 6.07) is 0. The summed E-state index contributed by atoms with van der Waals surface area (Å²) in [7, 11) is 0. The van der Waals surface area contributed by atoms with Crippen LogP contribution < -0.4 is 0 Å². The zero-order chi connectivity index (χ0) is 49.2. The van der Waals surface area contributed by atoms with E-state index in [1.807, 2.05) is 6.08 Å². The Morgan fingerprint density at radius 2 is 0.647 bits per heavy atom. The van der Waals surface area contributed by atoms with Crippen LogP contribution >= 0.6 is 0 Å².